The number of hydrogen-bond acceptors (Lipinski definition) is 5. The third-order valence-corrected chi connectivity index (χ3v) is 5.42. The zero-order valence-electron chi connectivity index (χ0n) is 13.9. The van der Waals surface area contributed by atoms with Gasteiger partial charge >= 0.3 is 0 Å². The van der Waals surface area contributed by atoms with E-state index in [4.69, 9.17) is 4.98 Å². The predicted molar refractivity (Wildman–Crippen MR) is 92.0 cm³/mol. The maximum Gasteiger partial charge on any atom is 0.225 e. The van der Waals surface area contributed by atoms with E-state index in [0.29, 0.717) is 17.2 Å². The summed E-state index contributed by atoms with van der Waals surface area (Å²) in [6, 6.07) is 0.494. The second-order valence-electron chi connectivity index (χ2n) is 6.32. The van der Waals surface area contributed by atoms with Crippen molar-refractivity contribution in [3.63, 3.8) is 0 Å². The Morgan fingerprint density at radius 2 is 2.19 bits per heavy atom. The van der Waals surface area contributed by atoms with E-state index in [-0.39, 0.29) is 0 Å². The second-order valence-corrected chi connectivity index (χ2v) is 7.80. The summed E-state index contributed by atoms with van der Waals surface area (Å²) in [6.45, 7) is 14.0. The van der Waals surface area contributed by atoms with E-state index in [1.165, 1.54) is 5.56 Å². The van der Waals surface area contributed by atoms with Crippen molar-refractivity contribution >= 4 is 17.7 Å². The van der Waals surface area contributed by atoms with Crippen LogP contribution >= 0.6 is 11.8 Å². The van der Waals surface area contributed by atoms with Gasteiger partial charge in [0.1, 0.15) is 0 Å². The fourth-order valence-electron chi connectivity index (χ4n) is 2.50. The smallest absolute Gasteiger partial charge is 0.225 e. The van der Waals surface area contributed by atoms with E-state index >= 15 is 0 Å². The summed E-state index contributed by atoms with van der Waals surface area (Å²) >= 11 is 2.04. The van der Waals surface area contributed by atoms with Gasteiger partial charge in [0.25, 0.3) is 0 Å². The van der Waals surface area contributed by atoms with Crippen molar-refractivity contribution in [2.24, 2.45) is 5.92 Å². The van der Waals surface area contributed by atoms with Gasteiger partial charge in [-0.1, -0.05) is 20.8 Å². The Balaban J connectivity index is 2.04. The Hall–Kier alpha value is -0.810. The van der Waals surface area contributed by atoms with Gasteiger partial charge in [0, 0.05) is 47.6 Å². The molecule has 4 nitrogen and oxygen atoms in total. The van der Waals surface area contributed by atoms with E-state index < -0.39 is 0 Å². The van der Waals surface area contributed by atoms with Gasteiger partial charge in [-0.15, -0.1) is 0 Å². The fourth-order valence-corrected chi connectivity index (χ4v) is 3.60. The van der Waals surface area contributed by atoms with Gasteiger partial charge in [-0.3, -0.25) is 0 Å². The molecule has 1 N–H and O–H groups in total. The minimum atomic E-state index is 0.494. The van der Waals surface area contributed by atoms with E-state index in [1.807, 2.05) is 18.0 Å². The zero-order chi connectivity index (χ0) is 15.4. The Morgan fingerprint density at radius 3 is 2.86 bits per heavy atom. The van der Waals surface area contributed by atoms with Gasteiger partial charge in [0.05, 0.1) is 0 Å². The van der Waals surface area contributed by atoms with Crippen LogP contribution in [0, 0.1) is 12.8 Å². The molecule has 0 bridgehead atoms. The lowest BCUT2D eigenvalue weighted by Gasteiger charge is -2.37. The molecule has 2 unspecified atom stereocenters. The number of nitrogens with one attached hydrogen (secondary N) is 1. The first kappa shape index (κ1) is 16.6. The monoisotopic (exact) mass is 308 g/mol. The van der Waals surface area contributed by atoms with Crippen molar-refractivity contribution < 1.29 is 0 Å². The molecule has 21 heavy (non-hydrogen) atoms. The molecule has 5 heteroatoms. The second kappa shape index (κ2) is 7.45. The fraction of sp³-hybridized carbons (Fsp3) is 0.750. The van der Waals surface area contributed by atoms with Crippen molar-refractivity contribution in [3.8, 4) is 0 Å². The molecule has 2 heterocycles. The maximum absolute atomic E-state index is 4.74. The summed E-state index contributed by atoms with van der Waals surface area (Å²) in [6.07, 6.45) is 1.99. The minimum absolute atomic E-state index is 0.494. The molecule has 1 aromatic heterocycles. The molecule has 2 rings (SSSR count). The third kappa shape index (κ3) is 4.33. The highest BCUT2D eigenvalue weighted by molar-refractivity contribution is 8.00. The van der Waals surface area contributed by atoms with Crippen molar-refractivity contribution in [1.29, 1.82) is 0 Å². The molecule has 0 spiro atoms. The van der Waals surface area contributed by atoms with Crippen molar-refractivity contribution in [3.05, 3.63) is 17.5 Å². The van der Waals surface area contributed by atoms with E-state index in [2.05, 4.69) is 49.8 Å². The lowest BCUT2D eigenvalue weighted by Crippen LogP contribution is -2.45. The molecular weight excluding hydrogens is 280 g/mol. The average molecular weight is 308 g/mol. The lowest BCUT2D eigenvalue weighted by atomic mass is 10.2. The molecule has 2 atom stereocenters. The number of nitrogens with zero attached hydrogens (tertiary/aromatic N) is 3. The Morgan fingerprint density at radius 1 is 1.43 bits per heavy atom. The van der Waals surface area contributed by atoms with Crippen molar-refractivity contribution in [2.45, 2.75) is 52.5 Å². The molecule has 0 aliphatic carbocycles. The van der Waals surface area contributed by atoms with Crippen LogP contribution in [0.25, 0.3) is 0 Å². The van der Waals surface area contributed by atoms with Crippen molar-refractivity contribution in [2.75, 3.05) is 23.7 Å². The topological polar surface area (TPSA) is 41.1 Å². The first-order valence-electron chi connectivity index (χ1n) is 7.90. The summed E-state index contributed by atoms with van der Waals surface area (Å²) in [5, 5.41) is 4.09. The maximum atomic E-state index is 4.74. The predicted octanol–water partition coefficient (Wildman–Crippen LogP) is 2.86. The molecule has 1 aliphatic heterocycles. The molecule has 0 amide bonds. The van der Waals surface area contributed by atoms with Crippen LogP contribution in [0.5, 0.6) is 0 Å². The highest BCUT2D eigenvalue weighted by Crippen LogP contribution is 2.27. The summed E-state index contributed by atoms with van der Waals surface area (Å²) in [7, 11) is 0. The van der Waals surface area contributed by atoms with Crippen LogP contribution in [0.15, 0.2) is 6.20 Å². The molecule has 0 saturated carbocycles. The Bertz CT molecular complexity index is 464. The van der Waals surface area contributed by atoms with Crippen LogP contribution in [-0.4, -0.2) is 40.1 Å². The molecule has 0 aromatic carbocycles. The van der Waals surface area contributed by atoms with Crippen LogP contribution in [-0.2, 0) is 6.54 Å². The number of hydrogen-bond donors (Lipinski definition) is 1. The van der Waals surface area contributed by atoms with Crippen LogP contribution in [0.1, 0.15) is 39.0 Å². The summed E-state index contributed by atoms with van der Waals surface area (Å²) in [5.74, 6) is 2.71. The lowest BCUT2D eigenvalue weighted by molar-refractivity contribution is 0.549. The largest absolute Gasteiger partial charge is 0.336 e. The molecule has 1 fully saturated rings. The SMILES string of the molecule is Cc1nc(N2CCSC(C)C2C)ncc1CNCC(C)C. The molecule has 0 radical (unpaired) electrons. The highest BCUT2D eigenvalue weighted by Gasteiger charge is 2.27. The van der Waals surface area contributed by atoms with Gasteiger partial charge in [-0.05, 0) is 26.3 Å². The van der Waals surface area contributed by atoms with Crippen LogP contribution in [0.4, 0.5) is 5.95 Å². The quantitative estimate of drug-likeness (QED) is 0.906. The number of aryl methyl sites for hydroxylation is 1. The van der Waals surface area contributed by atoms with Gasteiger partial charge in [-0.2, -0.15) is 11.8 Å². The molecular formula is C16H28N4S. The summed E-state index contributed by atoms with van der Waals surface area (Å²) in [5.41, 5.74) is 2.29. The minimum Gasteiger partial charge on any atom is -0.336 e. The number of rotatable bonds is 5. The van der Waals surface area contributed by atoms with E-state index in [1.54, 1.807) is 0 Å². The standard InChI is InChI=1S/C16H28N4S/c1-11(2)8-17-9-15-10-18-16(19-12(15)3)20-6-7-21-14(5)13(20)4/h10-11,13-14,17H,6-9H2,1-5H3. The summed E-state index contributed by atoms with van der Waals surface area (Å²) < 4.78 is 0. The molecule has 1 saturated heterocycles. The van der Waals surface area contributed by atoms with Gasteiger partial charge in [0.2, 0.25) is 5.95 Å². The molecule has 118 valence electrons. The number of thioether (sulfide) groups is 1. The third-order valence-electron chi connectivity index (χ3n) is 4.08. The van der Waals surface area contributed by atoms with Crippen molar-refractivity contribution in [1.82, 2.24) is 15.3 Å². The van der Waals surface area contributed by atoms with E-state index in [9.17, 15) is 0 Å². The Kier molecular flexibility index (Phi) is 5.88. The number of aromatic nitrogens is 2. The molecule has 1 aliphatic rings. The highest BCUT2D eigenvalue weighted by atomic mass is 32.2. The van der Waals surface area contributed by atoms with Gasteiger partial charge in [-0.25, -0.2) is 9.97 Å². The normalized spacial score (nSPS) is 22.9. The summed E-state index contributed by atoms with van der Waals surface area (Å²) in [4.78, 5) is 11.7. The number of anilines is 1. The van der Waals surface area contributed by atoms with Gasteiger partial charge in [0.15, 0.2) is 0 Å². The van der Waals surface area contributed by atoms with Gasteiger partial charge < -0.3 is 10.2 Å². The Labute approximate surface area is 133 Å². The van der Waals surface area contributed by atoms with Crippen LogP contribution in [0.2, 0.25) is 0 Å². The van der Waals surface area contributed by atoms with Crippen LogP contribution in [0.3, 0.4) is 0 Å². The first-order chi connectivity index (χ1) is 9.99. The molecule has 1 aromatic rings. The first-order valence-corrected chi connectivity index (χ1v) is 8.95. The van der Waals surface area contributed by atoms with E-state index in [0.717, 1.165) is 37.0 Å². The average Bonchev–Trinajstić information content (AvgIpc) is 2.43. The van der Waals surface area contributed by atoms with Crippen LogP contribution < -0.4 is 10.2 Å². The zero-order valence-corrected chi connectivity index (χ0v) is 14.7.